The van der Waals surface area contributed by atoms with Crippen LogP contribution in [0.15, 0.2) is 24.3 Å². The van der Waals surface area contributed by atoms with Crippen molar-refractivity contribution in [2.24, 2.45) is 5.73 Å². The molecule has 1 saturated carbocycles. The number of hydrogen-bond acceptors (Lipinski definition) is 3. The lowest BCUT2D eigenvalue weighted by atomic mass is 10.0. The van der Waals surface area contributed by atoms with E-state index in [1.54, 1.807) is 6.92 Å². The minimum absolute atomic E-state index is 0.324. The smallest absolute Gasteiger partial charge is 0.119 e. The Morgan fingerprint density at radius 2 is 1.82 bits per heavy atom. The van der Waals surface area contributed by atoms with Crippen molar-refractivity contribution in [3.63, 3.8) is 0 Å². The summed E-state index contributed by atoms with van der Waals surface area (Å²) < 4.78 is 5.87. The molecule has 0 spiro atoms. The van der Waals surface area contributed by atoms with E-state index in [2.05, 4.69) is 0 Å². The summed E-state index contributed by atoms with van der Waals surface area (Å²) in [5.41, 5.74) is 6.80. The molecule has 3 nitrogen and oxygen atoms in total. The largest absolute Gasteiger partial charge is 0.490 e. The molecule has 0 amide bonds. The summed E-state index contributed by atoms with van der Waals surface area (Å²) in [5, 5.41) is 9.42. The third kappa shape index (κ3) is 3.20. The van der Waals surface area contributed by atoms with Crippen LogP contribution in [0.4, 0.5) is 0 Å². The summed E-state index contributed by atoms with van der Waals surface area (Å²) in [4.78, 5) is 0. The molecule has 2 atom stereocenters. The van der Waals surface area contributed by atoms with Crippen LogP contribution in [0.25, 0.3) is 0 Å². The van der Waals surface area contributed by atoms with Crippen LogP contribution < -0.4 is 10.5 Å². The lowest BCUT2D eigenvalue weighted by Gasteiger charge is -2.17. The Balaban J connectivity index is 1.97. The predicted octanol–water partition coefficient (Wildman–Crippen LogP) is 2.39. The van der Waals surface area contributed by atoms with Crippen LogP contribution in [0.1, 0.15) is 44.2 Å². The maximum Gasteiger partial charge on any atom is 0.119 e. The van der Waals surface area contributed by atoms with E-state index >= 15 is 0 Å². The Labute approximate surface area is 103 Å². The van der Waals surface area contributed by atoms with Gasteiger partial charge in [-0.1, -0.05) is 12.1 Å². The fourth-order valence-corrected chi connectivity index (χ4v) is 2.25. The molecular weight excluding hydrogens is 214 g/mol. The summed E-state index contributed by atoms with van der Waals surface area (Å²) >= 11 is 0. The first-order valence-corrected chi connectivity index (χ1v) is 6.37. The van der Waals surface area contributed by atoms with Gasteiger partial charge in [0, 0.05) is 0 Å². The molecule has 0 bridgehead atoms. The van der Waals surface area contributed by atoms with Gasteiger partial charge < -0.3 is 15.6 Å². The predicted molar refractivity (Wildman–Crippen MR) is 67.9 cm³/mol. The van der Waals surface area contributed by atoms with Gasteiger partial charge in [-0.05, 0) is 50.3 Å². The molecule has 1 aliphatic carbocycles. The fourth-order valence-electron chi connectivity index (χ4n) is 2.25. The second-order valence-electron chi connectivity index (χ2n) is 4.86. The van der Waals surface area contributed by atoms with Crippen molar-refractivity contribution in [2.45, 2.75) is 50.9 Å². The second-order valence-corrected chi connectivity index (χ2v) is 4.86. The van der Waals surface area contributed by atoms with E-state index in [4.69, 9.17) is 10.5 Å². The van der Waals surface area contributed by atoms with E-state index in [1.807, 2.05) is 24.3 Å². The van der Waals surface area contributed by atoms with Crippen molar-refractivity contribution in [1.82, 2.24) is 0 Å². The molecule has 1 aromatic rings. The first-order valence-electron chi connectivity index (χ1n) is 6.37. The summed E-state index contributed by atoms with van der Waals surface area (Å²) in [6.45, 7) is 1.70. The average Bonchev–Trinajstić information content (AvgIpc) is 2.82. The quantitative estimate of drug-likeness (QED) is 0.842. The molecule has 17 heavy (non-hydrogen) atoms. The molecule has 1 fully saturated rings. The maximum absolute atomic E-state index is 9.42. The third-order valence-corrected chi connectivity index (χ3v) is 3.39. The Hall–Kier alpha value is -1.06. The van der Waals surface area contributed by atoms with Crippen LogP contribution in [-0.4, -0.2) is 17.3 Å². The van der Waals surface area contributed by atoms with Gasteiger partial charge >= 0.3 is 0 Å². The zero-order valence-corrected chi connectivity index (χ0v) is 10.3. The molecule has 0 radical (unpaired) electrons. The van der Waals surface area contributed by atoms with E-state index in [0.717, 1.165) is 24.2 Å². The highest BCUT2D eigenvalue weighted by atomic mass is 16.5. The maximum atomic E-state index is 9.42. The number of nitrogens with two attached hydrogens (primary N) is 1. The first-order chi connectivity index (χ1) is 8.16. The van der Waals surface area contributed by atoms with Crippen molar-refractivity contribution in [1.29, 1.82) is 0 Å². The molecule has 1 aromatic carbocycles. The highest BCUT2D eigenvalue weighted by molar-refractivity contribution is 5.29. The molecule has 2 unspecified atom stereocenters. The third-order valence-electron chi connectivity index (χ3n) is 3.39. The average molecular weight is 235 g/mol. The molecular formula is C14H21NO2. The van der Waals surface area contributed by atoms with Gasteiger partial charge in [0.2, 0.25) is 0 Å². The van der Waals surface area contributed by atoms with Gasteiger partial charge in [-0.25, -0.2) is 0 Å². The van der Waals surface area contributed by atoms with Crippen LogP contribution in [0.3, 0.4) is 0 Å². The minimum atomic E-state index is -0.531. The standard InChI is InChI=1S/C14H21NO2/c1-10(16)14(15)11-6-8-13(9-7-11)17-12-4-2-3-5-12/h6-10,12,14,16H,2-5,15H2,1H3. The molecule has 0 heterocycles. The summed E-state index contributed by atoms with van der Waals surface area (Å²) in [7, 11) is 0. The van der Waals surface area contributed by atoms with E-state index in [0.29, 0.717) is 6.10 Å². The Bertz CT molecular complexity index is 342. The Morgan fingerprint density at radius 1 is 1.24 bits per heavy atom. The van der Waals surface area contributed by atoms with Gasteiger partial charge in [-0.2, -0.15) is 0 Å². The number of rotatable bonds is 4. The molecule has 94 valence electrons. The molecule has 0 aromatic heterocycles. The van der Waals surface area contributed by atoms with Gasteiger partial charge in [-0.3, -0.25) is 0 Å². The van der Waals surface area contributed by atoms with Crippen molar-refractivity contribution in [2.75, 3.05) is 0 Å². The second kappa shape index (κ2) is 5.52. The first kappa shape index (κ1) is 12.4. The SMILES string of the molecule is CC(O)C(N)c1ccc(OC2CCCC2)cc1. The van der Waals surface area contributed by atoms with Crippen LogP contribution in [0.2, 0.25) is 0 Å². The Morgan fingerprint density at radius 3 is 2.35 bits per heavy atom. The van der Waals surface area contributed by atoms with Gasteiger partial charge in [0.05, 0.1) is 18.2 Å². The van der Waals surface area contributed by atoms with Crippen molar-refractivity contribution in [3.8, 4) is 5.75 Å². The van der Waals surface area contributed by atoms with Crippen LogP contribution in [-0.2, 0) is 0 Å². The monoisotopic (exact) mass is 235 g/mol. The van der Waals surface area contributed by atoms with Gasteiger partial charge in [0.15, 0.2) is 0 Å². The fraction of sp³-hybridized carbons (Fsp3) is 0.571. The summed E-state index contributed by atoms with van der Waals surface area (Å²) in [5.74, 6) is 0.901. The van der Waals surface area contributed by atoms with E-state index < -0.39 is 6.10 Å². The number of hydrogen-bond donors (Lipinski definition) is 2. The Kier molecular flexibility index (Phi) is 4.02. The zero-order valence-electron chi connectivity index (χ0n) is 10.3. The van der Waals surface area contributed by atoms with E-state index in [-0.39, 0.29) is 6.04 Å². The van der Waals surface area contributed by atoms with Crippen LogP contribution in [0, 0.1) is 0 Å². The lowest BCUT2D eigenvalue weighted by molar-refractivity contribution is 0.164. The number of aliphatic hydroxyl groups excluding tert-OH is 1. The molecule has 0 aliphatic heterocycles. The highest BCUT2D eigenvalue weighted by Crippen LogP contribution is 2.25. The van der Waals surface area contributed by atoms with Crippen molar-refractivity contribution < 1.29 is 9.84 Å². The molecule has 3 N–H and O–H groups in total. The lowest BCUT2D eigenvalue weighted by Crippen LogP contribution is -2.23. The number of ether oxygens (including phenoxy) is 1. The topological polar surface area (TPSA) is 55.5 Å². The highest BCUT2D eigenvalue weighted by Gasteiger charge is 2.17. The van der Waals surface area contributed by atoms with Crippen LogP contribution in [0.5, 0.6) is 5.75 Å². The van der Waals surface area contributed by atoms with Crippen molar-refractivity contribution >= 4 is 0 Å². The normalized spacial score (nSPS) is 20.2. The molecule has 0 saturated heterocycles. The number of aliphatic hydroxyl groups is 1. The van der Waals surface area contributed by atoms with Gasteiger partial charge in [-0.15, -0.1) is 0 Å². The molecule has 2 rings (SSSR count). The number of benzene rings is 1. The van der Waals surface area contributed by atoms with Gasteiger partial charge in [0.1, 0.15) is 5.75 Å². The van der Waals surface area contributed by atoms with Crippen LogP contribution >= 0.6 is 0 Å². The van der Waals surface area contributed by atoms with E-state index in [9.17, 15) is 5.11 Å². The van der Waals surface area contributed by atoms with Gasteiger partial charge in [0.25, 0.3) is 0 Å². The molecule has 1 aliphatic rings. The van der Waals surface area contributed by atoms with E-state index in [1.165, 1.54) is 12.8 Å². The van der Waals surface area contributed by atoms with Crippen molar-refractivity contribution in [3.05, 3.63) is 29.8 Å². The minimum Gasteiger partial charge on any atom is -0.490 e. The summed E-state index contributed by atoms with van der Waals surface area (Å²) in [6.07, 6.45) is 4.72. The zero-order chi connectivity index (χ0) is 12.3. The molecule has 3 heteroatoms. The summed E-state index contributed by atoms with van der Waals surface area (Å²) in [6, 6.07) is 7.42.